The van der Waals surface area contributed by atoms with Crippen LogP contribution in [-0.2, 0) is 0 Å². The molecule has 2 rings (SSSR count). The Hall–Kier alpha value is -1.19. The summed E-state index contributed by atoms with van der Waals surface area (Å²) in [6.07, 6.45) is 3.53. The first kappa shape index (κ1) is 13.9. The van der Waals surface area contributed by atoms with Gasteiger partial charge in [-0.3, -0.25) is 4.79 Å². The minimum atomic E-state index is 0.726. The quantitative estimate of drug-likeness (QED) is 0.766. The van der Waals surface area contributed by atoms with Crippen LogP contribution >= 0.6 is 0 Å². The van der Waals surface area contributed by atoms with Gasteiger partial charge in [-0.25, -0.2) is 0 Å². The molecule has 94 valence electrons. The molecule has 1 unspecified atom stereocenters. The summed E-state index contributed by atoms with van der Waals surface area (Å²) in [5, 5.41) is 6.56. The molecule has 0 saturated carbocycles. The molecule has 1 aliphatic heterocycles. The molecule has 1 aromatic carbocycles. The number of likely N-dealkylation sites (N-methyl/N-ethyl adjacent to an activating group) is 1. The van der Waals surface area contributed by atoms with Gasteiger partial charge in [-0.2, -0.15) is 0 Å². The van der Waals surface area contributed by atoms with Crippen LogP contribution in [0, 0.1) is 6.92 Å². The fourth-order valence-electron chi connectivity index (χ4n) is 1.82. The van der Waals surface area contributed by atoms with Gasteiger partial charge >= 0.3 is 0 Å². The molecule has 0 aliphatic carbocycles. The van der Waals surface area contributed by atoms with Gasteiger partial charge in [0.15, 0.2) is 0 Å². The molecule has 1 heterocycles. The number of hydrogen-bond acceptors (Lipinski definition) is 3. The summed E-state index contributed by atoms with van der Waals surface area (Å²) in [7, 11) is 2.03. The zero-order valence-corrected chi connectivity index (χ0v) is 10.7. The van der Waals surface area contributed by atoms with Crippen LogP contribution in [-0.4, -0.2) is 32.5 Å². The van der Waals surface area contributed by atoms with Crippen molar-refractivity contribution in [1.29, 1.82) is 0 Å². The Labute approximate surface area is 104 Å². The number of carbonyl (C=O) groups is 1. The van der Waals surface area contributed by atoms with E-state index >= 15 is 0 Å². The third kappa shape index (κ3) is 5.11. The van der Waals surface area contributed by atoms with Gasteiger partial charge in [0.2, 0.25) is 0 Å². The van der Waals surface area contributed by atoms with E-state index in [1.165, 1.54) is 19.4 Å². The number of hydrogen-bond donors (Lipinski definition) is 2. The minimum absolute atomic E-state index is 0.726. The number of aldehydes is 1. The van der Waals surface area contributed by atoms with Crippen LogP contribution in [0.3, 0.4) is 0 Å². The molecular weight excluding hydrogens is 212 g/mol. The Morgan fingerprint density at radius 3 is 2.59 bits per heavy atom. The largest absolute Gasteiger partial charge is 0.316 e. The molecule has 0 amide bonds. The highest BCUT2D eigenvalue weighted by atomic mass is 16.1. The zero-order valence-electron chi connectivity index (χ0n) is 10.7. The lowest BCUT2D eigenvalue weighted by Gasteiger charge is -2.21. The Balaban J connectivity index is 0.000000171. The minimum Gasteiger partial charge on any atom is -0.316 e. The topological polar surface area (TPSA) is 41.1 Å². The molecule has 1 aliphatic rings. The van der Waals surface area contributed by atoms with E-state index in [1.54, 1.807) is 0 Å². The van der Waals surface area contributed by atoms with Gasteiger partial charge in [0, 0.05) is 18.2 Å². The fourth-order valence-corrected chi connectivity index (χ4v) is 1.82. The Morgan fingerprint density at radius 2 is 2.18 bits per heavy atom. The lowest BCUT2D eigenvalue weighted by atomic mass is 10.1. The summed E-state index contributed by atoms with van der Waals surface area (Å²) in [5.74, 6) is 0. The van der Waals surface area contributed by atoms with Crippen LogP contribution in [0.5, 0.6) is 0 Å². The molecule has 1 fully saturated rings. The summed E-state index contributed by atoms with van der Waals surface area (Å²) in [6.45, 7) is 4.28. The lowest BCUT2D eigenvalue weighted by Crippen LogP contribution is -2.41. The molecule has 0 spiro atoms. The van der Waals surface area contributed by atoms with Crippen molar-refractivity contribution in [2.24, 2.45) is 0 Å². The smallest absolute Gasteiger partial charge is 0.150 e. The predicted molar refractivity (Wildman–Crippen MR) is 71.5 cm³/mol. The highest BCUT2D eigenvalue weighted by Gasteiger charge is 2.08. The van der Waals surface area contributed by atoms with E-state index in [9.17, 15) is 4.79 Å². The van der Waals surface area contributed by atoms with Gasteiger partial charge in [-0.1, -0.05) is 24.3 Å². The molecule has 0 radical (unpaired) electrons. The van der Waals surface area contributed by atoms with Crippen molar-refractivity contribution in [2.45, 2.75) is 25.8 Å². The van der Waals surface area contributed by atoms with Crippen molar-refractivity contribution in [3.8, 4) is 0 Å². The molecule has 0 bridgehead atoms. The van der Waals surface area contributed by atoms with Crippen molar-refractivity contribution < 1.29 is 4.79 Å². The van der Waals surface area contributed by atoms with Crippen LogP contribution in [0.25, 0.3) is 0 Å². The second-order valence-corrected chi connectivity index (χ2v) is 4.31. The Morgan fingerprint density at radius 1 is 1.41 bits per heavy atom. The maximum Gasteiger partial charge on any atom is 0.150 e. The van der Waals surface area contributed by atoms with E-state index in [-0.39, 0.29) is 0 Å². The highest BCUT2D eigenvalue weighted by Crippen LogP contribution is 2.02. The molecule has 1 atom stereocenters. The molecule has 2 N–H and O–H groups in total. The van der Waals surface area contributed by atoms with Gasteiger partial charge in [0.1, 0.15) is 6.29 Å². The van der Waals surface area contributed by atoms with E-state index in [0.717, 1.165) is 30.0 Å². The van der Waals surface area contributed by atoms with E-state index < -0.39 is 0 Å². The van der Waals surface area contributed by atoms with Crippen molar-refractivity contribution in [1.82, 2.24) is 10.6 Å². The van der Waals surface area contributed by atoms with Crippen molar-refractivity contribution >= 4 is 6.29 Å². The molecule has 0 aromatic heterocycles. The van der Waals surface area contributed by atoms with Crippen LogP contribution in [0.15, 0.2) is 24.3 Å². The van der Waals surface area contributed by atoms with Gasteiger partial charge in [-0.05, 0) is 38.9 Å². The van der Waals surface area contributed by atoms with Crippen molar-refractivity contribution in [3.63, 3.8) is 0 Å². The molecular formula is C14H22N2O. The standard InChI is InChI=1S/C8H8O.C6H14N2/c1-7-4-2-3-5-8(7)6-9;1-7-6-3-2-4-8-5-6/h2-6H,1H3;6-8H,2-5H2,1H3. The second-order valence-electron chi connectivity index (χ2n) is 4.31. The van der Waals surface area contributed by atoms with E-state index in [4.69, 9.17) is 0 Å². The predicted octanol–water partition coefficient (Wildman–Crippen LogP) is 1.77. The summed E-state index contributed by atoms with van der Waals surface area (Å²) >= 11 is 0. The van der Waals surface area contributed by atoms with Crippen molar-refractivity contribution in [2.75, 3.05) is 20.1 Å². The third-order valence-corrected chi connectivity index (χ3v) is 3.02. The summed E-state index contributed by atoms with van der Waals surface area (Å²) < 4.78 is 0. The van der Waals surface area contributed by atoms with Crippen LogP contribution < -0.4 is 10.6 Å². The number of piperidine rings is 1. The number of carbonyl (C=O) groups excluding carboxylic acids is 1. The number of aryl methyl sites for hydroxylation is 1. The average Bonchev–Trinajstić information content (AvgIpc) is 2.41. The van der Waals surface area contributed by atoms with Gasteiger partial charge in [-0.15, -0.1) is 0 Å². The normalized spacial score (nSPS) is 19.1. The average molecular weight is 234 g/mol. The monoisotopic (exact) mass is 234 g/mol. The number of nitrogens with one attached hydrogen (secondary N) is 2. The van der Waals surface area contributed by atoms with E-state index in [2.05, 4.69) is 10.6 Å². The van der Waals surface area contributed by atoms with Gasteiger partial charge in [0.25, 0.3) is 0 Å². The van der Waals surface area contributed by atoms with Gasteiger partial charge in [0.05, 0.1) is 0 Å². The summed E-state index contributed by atoms with van der Waals surface area (Å²) in [4.78, 5) is 10.2. The SMILES string of the molecule is CNC1CCCNC1.Cc1ccccc1C=O. The van der Waals surface area contributed by atoms with Crippen LogP contribution in [0.2, 0.25) is 0 Å². The lowest BCUT2D eigenvalue weighted by molar-refractivity contribution is 0.112. The maximum absolute atomic E-state index is 10.2. The van der Waals surface area contributed by atoms with Gasteiger partial charge < -0.3 is 10.6 Å². The van der Waals surface area contributed by atoms with Crippen LogP contribution in [0.1, 0.15) is 28.8 Å². The first-order valence-electron chi connectivity index (χ1n) is 6.16. The summed E-state index contributed by atoms with van der Waals surface area (Å²) in [5.41, 5.74) is 1.81. The van der Waals surface area contributed by atoms with Crippen molar-refractivity contribution in [3.05, 3.63) is 35.4 Å². The zero-order chi connectivity index (χ0) is 12.5. The van der Waals surface area contributed by atoms with Crippen LogP contribution in [0.4, 0.5) is 0 Å². The molecule has 17 heavy (non-hydrogen) atoms. The van der Waals surface area contributed by atoms with E-state index in [1.807, 2.05) is 38.2 Å². The number of rotatable bonds is 2. The first-order valence-corrected chi connectivity index (χ1v) is 6.16. The highest BCUT2D eigenvalue weighted by molar-refractivity contribution is 5.76. The molecule has 3 heteroatoms. The molecule has 1 aromatic rings. The maximum atomic E-state index is 10.2. The third-order valence-electron chi connectivity index (χ3n) is 3.02. The fraction of sp³-hybridized carbons (Fsp3) is 0.500. The molecule has 3 nitrogen and oxygen atoms in total. The Kier molecular flexibility index (Phi) is 6.51. The van der Waals surface area contributed by atoms with E-state index in [0.29, 0.717) is 0 Å². The first-order chi connectivity index (χ1) is 8.27. The number of benzene rings is 1. The Bertz CT molecular complexity index is 333. The molecule has 1 saturated heterocycles. The summed E-state index contributed by atoms with van der Waals surface area (Å²) in [6, 6.07) is 8.23. The second kappa shape index (κ2) is 7.98.